The average Bonchev–Trinajstić information content (AvgIpc) is 2.78. The smallest absolute Gasteiger partial charge is 0.238 e. The Hall–Kier alpha value is -0.660. The third-order valence-corrected chi connectivity index (χ3v) is 5.38. The summed E-state index contributed by atoms with van der Waals surface area (Å²) in [6.45, 7) is 4.01. The lowest BCUT2D eigenvalue weighted by molar-refractivity contribution is -0.126. The van der Waals surface area contributed by atoms with Crippen LogP contribution in [0.3, 0.4) is 0 Å². The maximum atomic E-state index is 11.9. The number of hydrogen-bond donors (Lipinski definition) is 2. The summed E-state index contributed by atoms with van der Waals surface area (Å²) < 4.78 is 22.4. The zero-order chi connectivity index (χ0) is 16.1. The van der Waals surface area contributed by atoms with E-state index in [0.717, 1.165) is 38.8 Å². The Bertz CT molecular complexity index is 452. The number of carbonyl (C=O) groups excluding carboxylic acids is 1. The summed E-state index contributed by atoms with van der Waals surface area (Å²) in [5.41, 5.74) is 5.06. The van der Waals surface area contributed by atoms with Crippen molar-refractivity contribution in [2.45, 2.75) is 38.1 Å². The van der Waals surface area contributed by atoms with Gasteiger partial charge in [-0.1, -0.05) is 13.3 Å². The molecule has 124 valence electrons. The lowest BCUT2D eigenvalue weighted by atomic mass is 9.83. The van der Waals surface area contributed by atoms with Gasteiger partial charge >= 0.3 is 0 Å². The minimum absolute atomic E-state index is 0.169. The maximum absolute atomic E-state index is 11.9. The number of hydrogen-bond acceptors (Lipinski definition) is 5. The number of carbonyl (C=O) groups is 1. The molecule has 0 aromatic heterocycles. The number of amides is 1. The van der Waals surface area contributed by atoms with Gasteiger partial charge in [-0.3, -0.25) is 4.79 Å². The number of primary amides is 1. The van der Waals surface area contributed by atoms with Crippen molar-refractivity contribution in [3.63, 3.8) is 0 Å². The quantitative estimate of drug-likeness (QED) is 0.623. The van der Waals surface area contributed by atoms with E-state index in [1.54, 1.807) is 0 Å². The van der Waals surface area contributed by atoms with Gasteiger partial charge in [-0.15, -0.1) is 0 Å². The Kier molecular flexibility index (Phi) is 6.62. The molecule has 2 atom stereocenters. The molecule has 0 spiro atoms. The Morgan fingerprint density at radius 2 is 2.10 bits per heavy atom. The van der Waals surface area contributed by atoms with Crippen LogP contribution in [0.15, 0.2) is 0 Å². The van der Waals surface area contributed by atoms with Crippen LogP contribution in [-0.2, 0) is 14.6 Å². The number of nitrogens with one attached hydrogen (secondary N) is 1. The van der Waals surface area contributed by atoms with E-state index in [4.69, 9.17) is 5.73 Å². The highest BCUT2D eigenvalue weighted by molar-refractivity contribution is 7.90. The zero-order valence-electron chi connectivity index (χ0n) is 13.4. The molecule has 1 fully saturated rings. The van der Waals surface area contributed by atoms with Crippen molar-refractivity contribution < 1.29 is 13.2 Å². The van der Waals surface area contributed by atoms with E-state index in [2.05, 4.69) is 5.32 Å². The summed E-state index contributed by atoms with van der Waals surface area (Å²) in [6, 6.07) is 0. The van der Waals surface area contributed by atoms with E-state index in [-0.39, 0.29) is 17.6 Å². The predicted molar refractivity (Wildman–Crippen MR) is 84.8 cm³/mol. The van der Waals surface area contributed by atoms with Gasteiger partial charge in [0.2, 0.25) is 5.91 Å². The molecule has 0 saturated heterocycles. The van der Waals surface area contributed by atoms with Crippen LogP contribution in [0.1, 0.15) is 32.6 Å². The maximum Gasteiger partial charge on any atom is 0.238 e. The minimum Gasteiger partial charge on any atom is -0.368 e. The second-order valence-corrected chi connectivity index (χ2v) is 8.44. The largest absolute Gasteiger partial charge is 0.368 e. The molecule has 0 bridgehead atoms. The molecule has 0 aromatic rings. The molecule has 1 aliphatic carbocycles. The fourth-order valence-corrected chi connectivity index (χ4v) is 3.88. The van der Waals surface area contributed by atoms with Crippen molar-refractivity contribution in [2.24, 2.45) is 11.7 Å². The molecule has 0 aliphatic heterocycles. The van der Waals surface area contributed by atoms with E-state index >= 15 is 0 Å². The zero-order valence-corrected chi connectivity index (χ0v) is 14.2. The summed E-state index contributed by atoms with van der Waals surface area (Å²) in [7, 11) is -1.01. The van der Waals surface area contributed by atoms with E-state index in [0.29, 0.717) is 6.54 Å². The second kappa shape index (κ2) is 7.56. The van der Waals surface area contributed by atoms with Gasteiger partial charge in [0.1, 0.15) is 15.4 Å². The van der Waals surface area contributed by atoms with Crippen molar-refractivity contribution in [3.8, 4) is 0 Å². The number of nitrogens with two attached hydrogens (primary N) is 1. The van der Waals surface area contributed by atoms with E-state index in [1.807, 2.05) is 18.9 Å². The fraction of sp³-hybridized carbons (Fsp3) is 0.929. The summed E-state index contributed by atoms with van der Waals surface area (Å²) >= 11 is 0. The summed E-state index contributed by atoms with van der Waals surface area (Å²) in [5, 5.41) is 3.30. The first-order valence-corrected chi connectivity index (χ1v) is 9.68. The molecule has 7 heteroatoms. The highest BCUT2D eigenvalue weighted by Gasteiger charge is 2.46. The van der Waals surface area contributed by atoms with Crippen LogP contribution in [0.5, 0.6) is 0 Å². The van der Waals surface area contributed by atoms with Gasteiger partial charge in [0.15, 0.2) is 0 Å². The van der Waals surface area contributed by atoms with E-state index in [9.17, 15) is 13.2 Å². The molecule has 1 saturated carbocycles. The predicted octanol–water partition coefficient (Wildman–Crippen LogP) is -0.0134. The first-order valence-electron chi connectivity index (χ1n) is 7.62. The van der Waals surface area contributed by atoms with Crippen molar-refractivity contribution in [2.75, 3.05) is 38.7 Å². The highest BCUT2D eigenvalue weighted by Crippen LogP contribution is 2.37. The lowest BCUT2D eigenvalue weighted by Crippen LogP contribution is -2.58. The molecule has 1 amide bonds. The van der Waals surface area contributed by atoms with Gasteiger partial charge in [0, 0.05) is 12.8 Å². The molecule has 6 nitrogen and oxygen atoms in total. The molecule has 0 radical (unpaired) electrons. The van der Waals surface area contributed by atoms with Crippen LogP contribution in [0, 0.1) is 5.92 Å². The number of rotatable bonds is 9. The van der Waals surface area contributed by atoms with E-state index < -0.39 is 15.4 Å². The van der Waals surface area contributed by atoms with Crippen LogP contribution in [-0.4, -0.2) is 63.5 Å². The average molecular weight is 319 g/mol. The normalized spacial score (nSPS) is 26.4. The van der Waals surface area contributed by atoms with Gasteiger partial charge in [-0.2, -0.15) is 0 Å². The monoisotopic (exact) mass is 319 g/mol. The summed E-state index contributed by atoms with van der Waals surface area (Å²) in [5.74, 6) is 0.142. The van der Waals surface area contributed by atoms with Crippen molar-refractivity contribution in [1.29, 1.82) is 0 Å². The molecule has 0 aromatic carbocycles. The molecule has 1 rings (SSSR count). The number of nitrogens with zero attached hydrogens (tertiary/aromatic N) is 1. The number of sulfone groups is 1. The molecule has 3 N–H and O–H groups in total. The first-order chi connectivity index (χ1) is 9.71. The fourth-order valence-electron chi connectivity index (χ4n) is 3.24. The molecule has 2 unspecified atom stereocenters. The topological polar surface area (TPSA) is 92.5 Å². The third kappa shape index (κ3) is 5.23. The van der Waals surface area contributed by atoms with Crippen LogP contribution in [0.4, 0.5) is 0 Å². The Morgan fingerprint density at radius 3 is 2.62 bits per heavy atom. The van der Waals surface area contributed by atoms with Crippen LogP contribution in [0.2, 0.25) is 0 Å². The van der Waals surface area contributed by atoms with Gasteiger partial charge in [-0.05, 0) is 45.3 Å². The standard InChI is InChI=1S/C14H29N3O3S/c1-4-16-14(13(15)18)8-5-6-12(14)7-9-17(2)10-11-21(3,19)20/h12,16H,4-11H2,1-3H3,(H2,15,18). The second-order valence-electron chi connectivity index (χ2n) is 6.18. The van der Waals surface area contributed by atoms with Crippen molar-refractivity contribution in [1.82, 2.24) is 10.2 Å². The first kappa shape index (κ1) is 18.4. The SMILES string of the molecule is CCNC1(C(N)=O)CCCC1CCN(C)CCS(C)(=O)=O. The third-order valence-electron chi connectivity index (χ3n) is 4.46. The number of likely N-dealkylation sites (N-methyl/N-ethyl adjacent to an activating group) is 1. The Balaban J connectivity index is 2.54. The summed E-state index contributed by atoms with van der Waals surface area (Å²) in [6.07, 6.45) is 4.91. The molecular formula is C14H29N3O3S. The van der Waals surface area contributed by atoms with Crippen molar-refractivity contribution >= 4 is 15.7 Å². The van der Waals surface area contributed by atoms with Crippen LogP contribution < -0.4 is 11.1 Å². The van der Waals surface area contributed by atoms with E-state index in [1.165, 1.54) is 6.26 Å². The van der Waals surface area contributed by atoms with Crippen molar-refractivity contribution in [3.05, 3.63) is 0 Å². The lowest BCUT2D eigenvalue weighted by Gasteiger charge is -2.34. The van der Waals surface area contributed by atoms with Gasteiger partial charge in [-0.25, -0.2) is 8.42 Å². The molecule has 1 aliphatic rings. The van der Waals surface area contributed by atoms with Gasteiger partial charge < -0.3 is 16.0 Å². The van der Waals surface area contributed by atoms with Crippen LogP contribution in [0.25, 0.3) is 0 Å². The Morgan fingerprint density at radius 1 is 1.43 bits per heavy atom. The van der Waals surface area contributed by atoms with Gasteiger partial charge in [0.05, 0.1) is 5.75 Å². The Labute approximate surface area is 128 Å². The van der Waals surface area contributed by atoms with Gasteiger partial charge in [0.25, 0.3) is 0 Å². The molecular weight excluding hydrogens is 290 g/mol. The highest BCUT2D eigenvalue weighted by atomic mass is 32.2. The van der Waals surface area contributed by atoms with Crippen LogP contribution >= 0.6 is 0 Å². The molecule has 0 heterocycles. The minimum atomic E-state index is -2.93. The summed E-state index contributed by atoms with van der Waals surface area (Å²) in [4.78, 5) is 13.9. The molecule has 21 heavy (non-hydrogen) atoms.